The lowest BCUT2D eigenvalue weighted by Crippen LogP contribution is -2.37. The van der Waals surface area contributed by atoms with E-state index in [-0.39, 0.29) is 36.0 Å². The van der Waals surface area contributed by atoms with E-state index in [1.54, 1.807) is 30.2 Å². The Kier molecular flexibility index (Phi) is 6.55. The molecule has 2 heterocycles. The SMILES string of the molecule is COc1ccccc1CN(C[C@H]1CCCO1)S(=O)(=O)c1ccc2c(c1)C[C@@H](C)N2C(C)=O. The monoisotopic (exact) mass is 458 g/mol. The molecule has 0 aliphatic carbocycles. The summed E-state index contributed by atoms with van der Waals surface area (Å²) < 4.78 is 40.2. The number of sulfonamides is 1. The Bertz CT molecular complexity index is 1100. The third kappa shape index (κ3) is 4.40. The van der Waals surface area contributed by atoms with E-state index in [9.17, 15) is 13.2 Å². The van der Waals surface area contributed by atoms with Crippen molar-refractivity contribution in [2.75, 3.05) is 25.2 Å². The summed E-state index contributed by atoms with van der Waals surface area (Å²) in [5, 5.41) is 0. The van der Waals surface area contributed by atoms with E-state index in [0.717, 1.165) is 29.7 Å². The van der Waals surface area contributed by atoms with Crippen LogP contribution in [0.25, 0.3) is 0 Å². The van der Waals surface area contributed by atoms with Crippen molar-refractivity contribution in [3.8, 4) is 5.75 Å². The number of benzene rings is 2. The van der Waals surface area contributed by atoms with Crippen LogP contribution in [0.15, 0.2) is 47.4 Å². The molecule has 2 aliphatic heterocycles. The van der Waals surface area contributed by atoms with Crippen LogP contribution in [0.4, 0.5) is 5.69 Å². The summed E-state index contributed by atoms with van der Waals surface area (Å²) in [5.41, 5.74) is 2.47. The fourth-order valence-electron chi connectivity index (χ4n) is 4.68. The number of anilines is 1. The Morgan fingerprint density at radius 1 is 1.25 bits per heavy atom. The third-order valence-electron chi connectivity index (χ3n) is 6.21. The zero-order chi connectivity index (χ0) is 22.9. The first-order chi connectivity index (χ1) is 15.3. The molecule has 1 amide bonds. The molecule has 0 N–H and O–H groups in total. The predicted molar refractivity (Wildman–Crippen MR) is 122 cm³/mol. The minimum absolute atomic E-state index is 0.0111. The summed E-state index contributed by atoms with van der Waals surface area (Å²) in [6.45, 7) is 4.64. The fourth-order valence-corrected chi connectivity index (χ4v) is 6.18. The number of hydrogen-bond acceptors (Lipinski definition) is 5. The molecule has 2 aromatic carbocycles. The minimum Gasteiger partial charge on any atom is -0.496 e. The number of carbonyl (C=O) groups is 1. The second-order valence-corrected chi connectivity index (χ2v) is 10.4. The molecule has 0 unspecified atom stereocenters. The van der Waals surface area contributed by atoms with E-state index in [0.29, 0.717) is 18.8 Å². The summed E-state index contributed by atoms with van der Waals surface area (Å²) >= 11 is 0. The number of methoxy groups -OCH3 is 1. The number of ether oxygens (including phenoxy) is 2. The van der Waals surface area contributed by atoms with Gasteiger partial charge in [-0.15, -0.1) is 0 Å². The summed E-state index contributed by atoms with van der Waals surface area (Å²) in [6.07, 6.45) is 2.29. The van der Waals surface area contributed by atoms with Gasteiger partial charge in [-0.25, -0.2) is 8.42 Å². The van der Waals surface area contributed by atoms with Crippen LogP contribution in [0.1, 0.15) is 37.8 Å². The number of amides is 1. The summed E-state index contributed by atoms with van der Waals surface area (Å²) in [4.78, 5) is 14.0. The molecule has 7 nitrogen and oxygen atoms in total. The van der Waals surface area contributed by atoms with Gasteiger partial charge in [-0.05, 0) is 56.0 Å². The van der Waals surface area contributed by atoms with Crippen LogP contribution in [0.2, 0.25) is 0 Å². The topological polar surface area (TPSA) is 76.2 Å². The van der Waals surface area contributed by atoms with Gasteiger partial charge in [0.05, 0.1) is 18.1 Å². The van der Waals surface area contributed by atoms with E-state index in [1.165, 1.54) is 11.2 Å². The fraction of sp³-hybridized carbons (Fsp3) is 0.458. The Balaban J connectivity index is 1.68. The molecule has 0 bridgehead atoms. The number of carbonyl (C=O) groups excluding carboxylic acids is 1. The molecule has 0 saturated carbocycles. The molecule has 0 aromatic heterocycles. The van der Waals surface area contributed by atoms with E-state index in [1.807, 2.05) is 31.2 Å². The molecular formula is C24H30N2O5S. The van der Waals surface area contributed by atoms with Crippen LogP contribution >= 0.6 is 0 Å². The van der Waals surface area contributed by atoms with Gasteiger partial charge in [0, 0.05) is 43.9 Å². The predicted octanol–water partition coefficient (Wildman–Crippen LogP) is 3.36. The summed E-state index contributed by atoms with van der Waals surface area (Å²) in [7, 11) is -2.21. The van der Waals surface area contributed by atoms with E-state index >= 15 is 0 Å². The molecule has 8 heteroatoms. The van der Waals surface area contributed by atoms with Crippen molar-refractivity contribution < 1.29 is 22.7 Å². The minimum atomic E-state index is -3.79. The van der Waals surface area contributed by atoms with E-state index < -0.39 is 10.0 Å². The molecule has 32 heavy (non-hydrogen) atoms. The van der Waals surface area contributed by atoms with Crippen LogP contribution < -0.4 is 9.64 Å². The zero-order valence-corrected chi connectivity index (χ0v) is 19.6. The van der Waals surface area contributed by atoms with Gasteiger partial charge in [0.15, 0.2) is 0 Å². The first-order valence-corrected chi connectivity index (χ1v) is 12.4. The first-order valence-electron chi connectivity index (χ1n) is 11.0. The highest BCUT2D eigenvalue weighted by molar-refractivity contribution is 7.89. The van der Waals surface area contributed by atoms with Gasteiger partial charge in [0.25, 0.3) is 0 Å². The second-order valence-electron chi connectivity index (χ2n) is 8.48. The van der Waals surface area contributed by atoms with Crippen molar-refractivity contribution in [2.24, 2.45) is 0 Å². The molecular weight excluding hydrogens is 428 g/mol. The molecule has 2 aromatic rings. The highest BCUT2D eigenvalue weighted by Gasteiger charge is 2.33. The van der Waals surface area contributed by atoms with Crippen molar-refractivity contribution in [1.82, 2.24) is 4.31 Å². The van der Waals surface area contributed by atoms with E-state index in [2.05, 4.69) is 0 Å². The molecule has 2 atom stereocenters. The average Bonchev–Trinajstić information content (AvgIpc) is 3.39. The Morgan fingerprint density at radius 3 is 2.72 bits per heavy atom. The van der Waals surface area contributed by atoms with Crippen LogP contribution in [0.3, 0.4) is 0 Å². The van der Waals surface area contributed by atoms with Crippen molar-refractivity contribution in [1.29, 1.82) is 0 Å². The van der Waals surface area contributed by atoms with Crippen molar-refractivity contribution in [3.05, 3.63) is 53.6 Å². The summed E-state index contributed by atoms with van der Waals surface area (Å²) in [6, 6.07) is 12.5. The first kappa shape index (κ1) is 22.8. The van der Waals surface area contributed by atoms with Gasteiger partial charge in [-0.3, -0.25) is 4.79 Å². The van der Waals surface area contributed by atoms with Gasteiger partial charge in [0.1, 0.15) is 5.75 Å². The second kappa shape index (κ2) is 9.21. The lowest BCUT2D eigenvalue weighted by Gasteiger charge is -2.26. The van der Waals surface area contributed by atoms with Gasteiger partial charge >= 0.3 is 0 Å². The number of para-hydroxylation sites is 1. The van der Waals surface area contributed by atoms with Crippen LogP contribution in [0, 0.1) is 0 Å². The molecule has 1 saturated heterocycles. The normalized spacial score (nSPS) is 20.6. The molecule has 1 fully saturated rings. The average molecular weight is 459 g/mol. The molecule has 0 radical (unpaired) electrons. The smallest absolute Gasteiger partial charge is 0.243 e. The Morgan fingerprint density at radius 2 is 2.03 bits per heavy atom. The maximum atomic E-state index is 13.8. The van der Waals surface area contributed by atoms with Crippen molar-refractivity contribution >= 4 is 21.6 Å². The van der Waals surface area contributed by atoms with Gasteiger partial charge < -0.3 is 14.4 Å². The third-order valence-corrected chi connectivity index (χ3v) is 8.02. The van der Waals surface area contributed by atoms with Gasteiger partial charge in [-0.2, -0.15) is 4.31 Å². The van der Waals surface area contributed by atoms with Crippen molar-refractivity contribution in [2.45, 2.75) is 56.7 Å². The lowest BCUT2D eigenvalue weighted by molar-refractivity contribution is -0.116. The highest BCUT2D eigenvalue weighted by Crippen LogP contribution is 2.35. The van der Waals surface area contributed by atoms with Gasteiger partial charge in [-0.1, -0.05) is 18.2 Å². The molecule has 4 rings (SSSR count). The Hall–Kier alpha value is -2.42. The molecule has 172 valence electrons. The number of nitrogens with zero attached hydrogens (tertiary/aromatic N) is 2. The largest absolute Gasteiger partial charge is 0.496 e. The Labute approximate surface area is 190 Å². The van der Waals surface area contributed by atoms with Crippen molar-refractivity contribution in [3.63, 3.8) is 0 Å². The standard InChI is InChI=1S/C24H30N2O5S/c1-17-13-20-14-22(10-11-23(20)26(17)18(2)27)32(28,29)25(16-21-8-6-12-31-21)15-19-7-4-5-9-24(19)30-3/h4-5,7,9-11,14,17,21H,6,8,12-13,15-16H2,1-3H3/t17-,21-/m1/s1. The zero-order valence-electron chi connectivity index (χ0n) is 18.8. The van der Waals surface area contributed by atoms with Crippen LogP contribution in [0.5, 0.6) is 5.75 Å². The number of hydrogen-bond donors (Lipinski definition) is 0. The number of rotatable bonds is 7. The van der Waals surface area contributed by atoms with Crippen LogP contribution in [-0.4, -0.2) is 51.0 Å². The highest BCUT2D eigenvalue weighted by atomic mass is 32.2. The molecule has 2 aliphatic rings. The maximum absolute atomic E-state index is 13.8. The lowest BCUT2D eigenvalue weighted by atomic mass is 10.1. The van der Waals surface area contributed by atoms with E-state index in [4.69, 9.17) is 9.47 Å². The maximum Gasteiger partial charge on any atom is 0.243 e. The summed E-state index contributed by atoms with van der Waals surface area (Å²) in [5.74, 6) is 0.614. The quantitative estimate of drug-likeness (QED) is 0.636. The van der Waals surface area contributed by atoms with Crippen LogP contribution in [-0.2, 0) is 32.5 Å². The molecule has 0 spiro atoms. The number of fused-ring (bicyclic) bond motifs is 1. The van der Waals surface area contributed by atoms with Gasteiger partial charge in [0.2, 0.25) is 15.9 Å².